The Kier molecular flexibility index (Phi) is 5.69. The van der Waals surface area contributed by atoms with E-state index in [0.29, 0.717) is 63.5 Å². The zero-order valence-electron chi connectivity index (χ0n) is 17.6. The molecule has 2 saturated heterocycles. The Morgan fingerprint density at radius 1 is 1.17 bits per heavy atom. The van der Waals surface area contributed by atoms with E-state index in [1.165, 1.54) is 0 Å². The number of likely N-dealkylation sites (tertiary alicyclic amines) is 1. The van der Waals surface area contributed by atoms with Crippen molar-refractivity contribution in [2.24, 2.45) is 0 Å². The summed E-state index contributed by atoms with van der Waals surface area (Å²) in [6, 6.07) is 5.04. The van der Waals surface area contributed by atoms with Crippen molar-refractivity contribution >= 4 is 17.7 Å². The van der Waals surface area contributed by atoms with Crippen LogP contribution in [-0.4, -0.2) is 78.6 Å². The van der Waals surface area contributed by atoms with Crippen molar-refractivity contribution in [3.63, 3.8) is 0 Å². The second kappa shape index (κ2) is 8.26. The first kappa shape index (κ1) is 20.7. The summed E-state index contributed by atoms with van der Waals surface area (Å²) < 4.78 is 11.7. The second-order valence-corrected chi connectivity index (χ2v) is 8.42. The molecule has 2 unspecified atom stereocenters. The van der Waals surface area contributed by atoms with Gasteiger partial charge >= 0.3 is 0 Å². The van der Waals surface area contributed by atoms with Gasteiger partial charge in [0.2, 0.25) is 11.8 Å². The number of morpholine rings is 1. The minimum atomic E-state index is -0.664. The quantitative estimate of drug-likeness (QED) is 0.782. The van der Waals surface area contributed by atoms with Crippen LogP contribution < -0.4 is 10.1 Å². The molecule has 1 N–H and O–H groups in total. The molecule has 2 atom stereocenters. The van der Waals surface area contributed by atoms with Gasteiger partial charge < -0.3 is 24.6 Å². The summed E-state index contributed by atoms with van der Waals surface area (Å²) in [5.41, 5.74) is 0.846. The van der Waals surface area contributed by atoms with Gasteiger partial charge in [-0.15, -0.1) is 0 Å². The minimum Gasteiger partial charge on any atom is -0.485 e. The van der Waals surface area contributed by atoms with Crippen LogP contribution in [0.2, 0.25) is 0 Å². The molecule has 3 aliphatic rings. The Morgan fingerprint density at radius 3 is 2.70 bits per heavy atom. The Balaban J connectivity index is 1.51. The topological polar surface area (TPSA) is 88.2 Å². The van der Waals surface area contributed by atoms with Crippen LogP contribution in [-0.2, 0) is 14.3 Å². The zero-order valence-corrected chi connectivity index (χ0v) is 17.6. The Morgan fingerprint density at radius 2 is 1.93 bits per heavy atom. The normalized spacial score (nSPS) is 25.7. The van der Waals surface area contributed by atoms with E-state index < -0.39 is 11.6 Å². The summed E-state index contributed by atoms with van der Waals surface area (Å²) in [6.45, 7) is 6.65. The molecule has 0 bridgehead atoms. The van der Waals surface area contributed by atoms with Gasteiger partial charge in [0.25, 0.3) is 5.91 Å². The molecule has 30 heavy (non-hydrogen) atoms. The highest BCUT2D eigenvalue weighted by atomic mass is 16.5. The number of hydrogen-bond donors (Lipinski definition) is 1. The summed E-state index contributed by atoms with van der Waals surface area (Å²) >= 11 is 0. The molecule has 8 heteroatoms. The fraction of sp³-hybridized carbons (Fsp3) is 0.591. The van der Waals surface area contributed by atoms with Gasteiger partial charge in [-0.05, 0) is 32.4 Å². The van der Waals surface area contributed by atoms with Crippen LogP contribution in [0.4, 0.5) is 0 Å². The Labute approximate surface area is 176 Å². The molecule has 1 spiro atoms. The van der Waals surface area contributed by atoms with Crippen molar-refractivity contribution in [3.05, 3.63) is 29.3 Å². The van der Waals surface area contributed by atoms with E-state index in [-0.39, 0.29) is 24.1 Å². The van der Waals surface area contributed by atoms with Crippen LogP contribution in [0.3, 0.4) is 0 Å². The van der Waals surface area contributed by atoms with E-state index in [9.17, 15) is 14.4 Å². The maximum absolute atomic E-state index is 12.9. The molecule has 1 aromatic carbocycles. The van der Waals surface area contributed by atoms with Gasteiger partial charge in [0.1, 0.15) is 17.4 Å². The first-order valence-corrected chi connectivity index (χ1v) is 10.6. The molecule has 0 radical (unpaired) electrons. The molecule has 0 aliphatic carbocycles. The number of nitrogens with zero attached hydrogens (tertiary/aromatic N) is 2. The lowest BCUT2D eigenvalue weighted by Gasteiger charge is -2.35. The number of amides is 3. The summed E-state index contributed by atoms with van der Waals surface area (Å²) in [5.74, 6) is 0.297. The van der Waals surface area contributed by atoms with Gasteiger partial charge in [-0.1, -0.05) is 11.6 Å². The standard InChI is InChI=1S/C22H29N3O5/c1-15-3-4-18-17(13-15)20(27)23-14-22(30-18)6-5-19(26)25(8-7-22)16(2)21(28)24-9-11-29-12-10-24/h3-4,13,16H,5-12,14H2,1-2H3,(H,23,27). The van der Waals surface area contributed by atoms with E-state index in [1.54, 1.807) is 16.7 Å². The van der Waals surface area contributed by atoms with Crippen LogP contribution in [0.5, 0.6) is 5.75 Å². The van der Waals surface area contributed by atoms with E-state index in [0.717, 1.165) is 5.56 Å². The van der Waals surface area contributed by atoms with Crippen LogP contribution in [0, 0.1) is 6.92 Å². The van der Waals surface area contributed by atoms with Gasteiger partial charge in [-0.2, -0.15) is 0 Å². The lowest BCUT2D eigenvalue weighted by Crippen LogP contribution is -2.52. The molecule has 8 nitrogen and oxygen atoms in total. The summed E-state index contributed by atoms with van der Waals surface area (Å²) in [7, 11) is 0. The van der Waals surface area contributed by atoms with Crippen molar-refractivity contribution in [1.29, 1.82) is 0 Å². The number of ether oxygens (including phenoxy) is 2. The van der Waals surface area contributed by atoms with Crippen molar-refractivity contribution in [1.82, 2.24) is 15.1 Å². The number of rotatable bonds is 2. The molecular weight excluding hydrogens is 386 g/mol. The molecular formula is C22H29N3O5. The minimum absolute atomic E-state index is 0.0430. The van der Waals surface area contributed by atoms with Gasteiger partial charge in [-0.3, -0.25) is 14.4 Å². The monoisotopic (exact) mass is 415 g/mol. The third kappa shape index (κ3) is 4.01. The van der Waals surface area contributed by atoms with Crippen LogP contribution in [0.25, 0.3) is 0 Å². The number of fused-ring (bicyclic) bond motifs is 1. The molecule has 3 heterocycles. The molecule has 0 aromatic heterocycles. The fourth-order valence-electron chi connectivity index (χ4n) is 4.44. The fourth-order valence-corrected chi connectivity index (χ4v) is 4.44. The van der Waals surface area contributed by atoms with Gasteiger partial charge in [0.15, 0.2) is 0 Å². The Hall–Kier alpha value is -2.61. The number of benzene rings is 1. The lowest BCUT2D eigenvalue weighted by molar-refractivity contribution is -0.147. The first-order valence-electron chi connectivity index (χ1n) is 10.6. The predicted molar refractivity (Wildman–Crippen MR) is 109 cm³/mol. The maximum Gasteiger partial charge on any atom is 0.255 e. The molecule has 1 aromatic rings. The van der Waals surface area contributed by atoms with E-state index in [4.69, 9.17) is 9.47 Å². The third-order valence-corrected chi connectivity index (χ3v) is 6.35. The van der Waals surface area contributed by atoms with Gasteiger partial charge in [0.05, 0.1) is 25.3 Å². The van der Waals surface area contributed by atoms with Gasteiger partial charge in [0, 0.05) is 32.5 Å². The number of aryl methyl sites for hydroxylation is 1. The van der Waals surface area contributed by atoms with Crippen molar-refractivity contribution in [2.75, 3.05) is 39.4 Å². The highest BCUT2D eigenvalue weighted by Gasteiger charge is 2.42. The SMILES string of the molecule is Cc1ccc2c(c1)C(=O)NCC1(CCC(=O)N(C(C)C(=O)N3CCOCC3)CC1)O2. The van der Waals surface area contributed by atoms with Crippen molar-refractivity contribution in [2.45, 2.75) is 44.8 Å². The molecule has 162 valence electrons. The number of carbonyl (C=O) groups excluding carboxylic acids is 3. The van der Waals surface area contributed by atoms with E-state index >= 15 is 0 Å². The average Bonchev–Trinajstić information content (AvgIpc) is 3.00. The van der Waals surface area contributed by atoms with E-state index in [1.807, 2.05) is 25.1 Å². The highest BCUT2D eigenvalue weighted by molar-refractivity contribution is 5.97. The number of hydrogen-bond acceptors (Lipinski definition) is 5. The van der Waals surface area contributed by atoms with Crippen LogP contribution >= 0.6 is 0 Å². The molecule has 0 saturated carbocycles. The first-order chi connectivity index (χ1) is 14.4. The molecule has 3 amide bonds. The zero-order chi connectivity index (χ0) is 21.3. The average molecular weight is 415 g/mol. The second-order valence-electron chi connectivity index (χ2n) is 8.42. The molecule has 2 fully saturated rings. The molecule has 4 rings (SSSR count). The van der Waals surface area contributed by atoms with Crippen molar-refractivity contribution < 1.29 is 23.9 Å². The summed E-state index contributed by atoms with van der Waals surface area (Å²) in [6.07, 6.45) is 1.32. The summed E-state index contributed by atoms with van der Waals surface area (Å²) in [5, 5.41) is 2.97. The smallest absolute Gasteiger partial charge is 0.255 e. The number of nitrogens with one attached hydrogen (secondary N) is 1. The van der Waals surface area contributed by atoms with Crippen molar-refractivity contribution in [3.8, 4) is 5.75 Å². The largest absolute Gasteiger partial charge is 0.485 e. The van der Waals surface area contributed by atoms with Gasteiger partial charge in [-0.25, -0.2) is 0 Å². The lowest BCUT2D eigenvalue weighted by atomic mass is 9.94. The van der Waals surface area contributed by atoms with Crippen LogP contribution in [0.1, 0.15) is 42.1 Å². The van der Waals surface area contributed by atoms with Crippen LogP contribution in [0.15, 0.2) is 18.2 Å². The Bertz CT molecular complexity index is 851. The summed E-state index contributed by atoms with van der Waals surface area (Å²) in [4.78, 5) is 41.8. The number of carbonyl (C=O) groups is 3. The third-order valence-electron chi connectivity index (χ3n) is 6.35. The van der Waals surface area contributed by atoms with E-state index in [2.05, 4.69) is 5.32 Å². The molecule has 3 aliphatic heterocycles. The predicted octanol–water partition coefficient (Wildman–Crippen LogP) is 1.12. The maximum atomic E-state index is 12.9. The highest BCUT2D eigenvalue weighted by Crippen LogP contribution is 2.34.